The predicted octanol–water partition coefficient (Wildman–Crippen LogP) is 3.24. The first-order valence-electron chi connectivity index (χ1n) is 11.8. The van der Waals surface area contributed by atoms with Gasteiger partial charge in [-0.15, -0.1) is 0 Å². The molecular formula is C25H29N3O5S. The third kappa shape index (κ3) is 4.12. The predicted molar refractivity (Wildman–Crippen MR) is 127 cm³/mol. The van der Waals surface area contributed by atoms with Gasteiger partial charge in [0.2, 0.25) is 10.0 Å². The molecule has 0 atom stereocenters. The monoisotopic (exact) mass is 483 g/mol. The zero-order valence-corrected chi connectivity index (χ0v) is 20.1. The highest BCUT2D eigenvalue weighted by atomic mass is 32.2. The van der Waals surface area contributed by atoms with E-state index in [1.54, 1.807) is 18.2 Å². The maximum Gasteiger partial charge on any atom is 0.317 e. The number of sulfonamides is 1. The lowest BCUT2D eigenvalue weighted by molar-refractivity contribution is -0.148. The van der Waals surface area contributed by atoms with Gasteiger partial charge in [-0.3, -0.25) is 4.79 Å². The van der Waals surface area contributed by atoms with Crippen LogP contribution in [0.5, 0.6) is 0 Å². The molecule has 2 aliphatic rings. The smallest absolute Gasteiger partial charge is 0.317 e. The van der Waals surface area contributed by atoms with Crippen molar-refractivity contribution in [3.8, 4) is 0 Å². The second kappa shape index (κ2) is 9.13. The first-order valence-corrected chi connectivity index (χ1v) is 13.2. The Bertz CT molecular complexity index is 1290. The van der Waals surface area contributed by atoms with Gasteiger partial charge in [0.05, 0.1) is 34.6 Å². The second-order valence-electron chi connectivity index (χ2n) is 8.87. The largest absolute Gasteiger partial charge is 0.457 e. The van der Waals surface area contributed by atoms with Gasteiger partial charge in [0.1, 0.15) is 12.4 Å². The quantitative estimate of drug-likeness (QED) is 0.457. The van der Waals surface area contributed by atoms with Crippen molar-refractivity contribution in [3.05, 3.63) is 59.9 Å². The highest BCUT2D eigenvalue weighted by Crippen LogP contribution is 2.49. The summed E-state index contributed by atoms with van der Waals surface area (Å²) >= 11 is 0. The number of aryl methyl sites for hydroxylation is 1. The molecule has 180 valence electrons. The van der Waals surface area contributed by atoms with Gasteiger partial charge in [-0.05, 0) is 43.0 Å². The molecule has 0 radical (unpaired) electrons. The van der Waals surface area contributed by atoms with Crippen LogP contribution in [-0.4, -0.2) is 54.5 Å². The average molecular weight is 484 g/mol. The van der Waals surface area contributed by atoms with E-state index in [4.69, 9.17) is 9.47 Å². The molecule has 0 amide bonds. The van der Waals surface area contributed by atoms with Crippen LogP contribution in [0, 0.1) is 0 Å². The van der Waals surface area contributed by atoms with E-state index < -0.39 is 15.4 Å². The molecule has 0 spiro atoms. The minimum atomic E-state index is -3.62. The van der Waals surface area contributed by atoms with Gasteiger partial charge in [0.15, 0.2) is 0 Å². The Morgan fingerprint density at radius 2 is 1.85 bits per heavy atom. The summed E-state index contributed by atoms with van der Waals surface area (Å²) in [6.45, 7) is 4.28. The molecule has 0 bridgehead atoms. The van der Waals surface area contributed by atoms with Crippen LogP contribution in [-0.2, 0) is 42.9 Å². The first kappa shape index (κ1) is 23.0. The maximum atomic E-state index is 13.1. The molecule has 8 nitrogen and oxygen atoms in total. The van der Waals surface area contributed by atoms with Gasteiger partial charge in [-0.2, -0.15) is 4.31 Å². The zero-order valence-electron chi connectivity index (χ0n) is 19.3. The zero-order chi connectivity index (χ0) is 23.8. The fourth-order valence-corrected chi connectivity index (χ4v) is 6.03. The van der Waals surface area contributed by atoms with E-state index in [0.29, 0.717) is 44.2 Å². The van der Waals surface area contributed by atoms with Crippen molar-refractivity contribution in [1.29, 1.82) is 0 Å². The SMILES string of the molecule is CCCn1c(COC(=O)C2(c3ccccc3)CC2)nc2cc(S(=O)(=O)N3CCOCC3)ccc21. The summed E-state index contributed by atoms with van der Waals surface area (Å²) in [6.07, 6.45) is 2.43. The average Bonchev–Trinajstić information content (AvgIpc) is 3.62. The molecule has 1 aromatic heterocycles. The Morgan fingerprint density at radius 1 is 1.12 bits per heavy atom. The van der Waals surface area contributed by atoms with Crippen LogP contribution < -0.4 is 0 Å². The van der Waals surface area contributed by atoms with Crippen LogP contribution in [0.3, 0.4) is 0 Å². The highest BCUT2D eigenvalue weighted by molar-refractivity contribution is 7.89. The summed E-state index contributed by atoms with van der Waals surface area (Å²) in [5.74, 6) is 0.388. The minimum Gasteiger partial charge on any atom is -0.457 e. The summed E-state index contributed by atoms with van der Waals surface area (Å²) in [5, 5.41) is 0. The van der Waals surface area contributed by atoms with Crippen LogP contribution in [0.4, 0.5) is 0 Å². The van der Waals surface area contributed by atoms with Gasteiger partial charge < -0.3 is 14.0 Å². The Balaban J connectivity index is 1.40. The van der Waals surface area contributed by atoms with E-state index in [1.165, 1.54) is 4.31 Å². The molecule has 2 aromatic carbocycles. The standard InChI is InChI=1S/C25H29N3O5S/c1-2-12-28-22-9-8-20(34(30,31)27-13-15-32-16-14-27)17-21(22)26-23(28)18-33-24(29)25(10-11-25)19-6-4-3-5-7-19/h3-9,17H,2,10-16,18H2,1H3. The number of aromatic nitrogens is 2. The Labute approximate surface area is 199 Å². The topological polar surface area (TPSA) is 90.7 Å². The molecule has 1 aliphatic heterocycles. The summed E-state index contributed by atoms with van der Waals surface area (Å²) in [4.78, 5) is 17.9. The number of ether oxygens (including phenoxy) is 2. The van der Waals surface area contributed by atoms with Crippen molar-refractivity contribution < 1.29 is 22.7 Å². The molecule has 0 unspecified atom stereocenters. The minimum absolute atomic E-state index is 0.0493. The summed E-state index contributed by atoms with van der Waals surface area (Å²) in [5.41, 5.74) is 1.85. The number of morpholine rings is 1. The molecule has 3 aromatic rings. The molecule has 2 fully saturated rings. The molecular weight excluding hydrogens is 454 g/mol. The number of hydrogen-bond acceptors (Lipinski definition) is 6. The number of hydrogen-bond donors (Lipinski definition) is 0. The van der Waals surface area contributed by atoms with Gasteiger partial charge in [-0.1, -0.05) is 37.3 Å². The van der Waals surface area contributed by atoms with E-state index in [0.717, 1.165) is 30.3 Å². The van der Waals surface area contributed by atoms with Crippen molar-refractivity contribution >= 4 is 27.0 Å². The summed E-state index contributed by atoms with van der Waals surface area (Å²) in [7, 11) is -3.62. The van der Waals surface area contributed by atoms with Crippen LogP contribution in [0.2, 0.25) is 0 Å². The van der Waals surface area contributed by atoms with Gasteiger partial charge >= 0.3 is 5.97 Å². The van der Waals surface area contributed by atoms with Crippen molar-refractivity contribution in [2.45, 2.75) is 49.6 Å². The normalized spacial score (nSPS) is 18.1. The molecule has 0 N–H and O–H groups in total. The number of imidazole rings is 1. The van der Waals surface area contributed by atoms with Crippen LogP contribution in [0.1, 0.15) is 37.6 Å². The molecule has 9 heteroatoms. The molecule has 1 aliphatic carbocycles. The fraction of sp³-hybridized carbons (Fsp3) is 0.440. The van der Waals surface area contributed by atoms with Crippen LogP contribution >= 0.6 is 0 Å². The number of esters is 1. The number of rotatable bonds is 8. The lowest BCUT2D eigenvalue weighted by atomic mass is 9.96. The van der Waals surface area contributed by atoms with E-state index >= 15 is 0 Å². The van der Waals surface area contributed by atoms with Gasteiger partial charge in [0.25, 0.3) is 0 Å². The Kier molecular flexibility index (Phi) is 6.18. The molecule has 34 heavy (non-hydrogen) atoms. The summed E-state index contributed by atoms with van der Waals surface area (Å²) in [6, 6.07) is 14.8. The molecule has 2 heterocycles. The number of benzene rings is 2. The number of nitrogens with zero attached hydrogens (tertiary/aromatic N) is 3. The van der Waals surface area contributed by atoms with Crippen molar-refractivity contribution in [1.82, 2.24) is 13.9 Å². The van der Waals surface area contributed by atoms with E-state index in [1.807, 2.05) is 34.9 Å². The third-order valence-corrected chi connectivity index (χ3v) is 8.55. The van der Waals surface area contributed by atoms with Gasteiger partial charge in [-0.25, -0.2) is 13.4 Å². The molecule has 5 rings (SSSR count). The van der Waals surface area contributed by atoms with E-state index in [2.05, 4.69) is 11.9 Å². The Hall–Kier alpha value is -2.75. The lowest BCUT2D eigenvalue weighted by Gasteiger charge is -2.26. The Morgan fingerprint density at radius 3 is 2.53 bits per heavy atom. The van der Waals surface area contributed by atoms with E-state index in [-0.39, 0.29) is 17.5 Å². The molecule has 1 saturated carbocycles. The van der Waals surface area contributed by atoms with Crippen molar-refractivity contribution in [3.63, 3.8) is 0 Å². The van der Waals surface area contributed by atoms with Crippen molar-refractivity contribution in [2.24, 2.45) is 0 Å². The third-order valence-electron chi connectivity index (χ3n) is 6.65. The number of carbonyl (C=O) groups is 1. The first-order chi connectivity index (χ1) is 16.5. The highest BCUT2D eigenvalue weighted by Gasteiger charge is 2.52. The fourth-order valence-electron chi connectivity index (χ4n) is 4.60. The number of fused-ring (bicyclic) bond motifs is 1. The van der Waals surface area contributed by atoms with Crippen LogP contribution in [0.25, 0.3) is 11.0 Å². The van der Waals surface area contributed by atoms with Gasteiger partial charge in [0, 0.05) is 19.6 Å². The molecule has 1 saturated heterocycles. The maximum absolute atomic E-state index is 13.1. The van der Waals surface area contributed by atoms with Crippen molar-refractivity contribution in [2.75, 3.05) is 26.3 Å². The van der Waals surface area contributed by atoms with Crippen LogP contribution in [0.15, 0.2) is 53.4 Å². The second-order valence-corrected chi connectivity index (χ2v) is 10.8. The number of carbonyl (C=O) groups excluding carboxylic acids is 1. The summed E-state index contributed by atoms with van der Waals surface area (Å²) < 4.78 is 40.7. The van der Waals surface area contributed by atoms with E-state index in [9.17, 15) is 13.2 Å². The lowest BCUT2D eigenvalue weighted by Crippen LogP contribution is -2.40.